The molecule has 0 aliphatic carbocycles. The standard InChI is InChI=1S/C15H15F3N2O5/c1-8(21)2-5-13(24)25-7-12(23)19-6-11(22)20-10-4-3-9(16)14(17)15(10)18/h3-4H,2,5-7H2,1H3,(H,19,23)(H,20,22). The fourth-order valence-electron chi connectivity index (χ4n) is 1.54. The summed E-state index contributed by atoms with van der Waals surface area (Å²) in [7, 11) is 0. The first-order valence-corrected chi connectivity index (χ1v) is 7.05. The van der Waals surface area contributed by atoms with Gasteiger partial charge in [-0.05, 0) is 19.1 Å². The molecular formula is C15H15F3N2O5. The summed E-state index contributed by atoms with van der Waals surface area (Å²) in [4.78, 5) is 44.8. The van der Waals surface area contributed by atoms with E-state index in [-0.39, 0.29) is 18.6 Å². The number of rotatable bonds is 8. The molecule has 0 saturated carbocycles. The number of ether oxygens (including phenoxy) is 1. The van der Waals surface area contributed by atoms with Crippen LogP contribution in [0.3, 0.4) is 0 Å². The summed E-state index contributed by atoms with van der Waals surface area (Å²) in [5, 5.41) is 4.03. The first kappa shape index (κ1) is 20.1. The Labute approximate surface area is 140 Å². The van der Waals surface area contributed by atoms with Gasteiger partial charge in [0.25, 0.3) is 5.91 Å². The Balaban J connectivity index is 2.36. The van der Waals surface area contributed by atoms with E-state index in [9.17, 15) is 32.3 Å². The minimum Gasteiger partial charge on any atom is -0.456 e. The molecule has 0 aromatic heterocycles. The van der Waals surface area contributed by atoms with Gasteiger partial charge in [0.15, 0.2) is 24.1 Å². The zero-order valence-corrected chi connectivity index (χ0v) is 13.2. The van der Waals surface area contributed by atoms with Gasteiger partial charge in [-0.1, -0.05) is 0 Å². The summed E-state index contributed by atoms with van der Waals surface area (Å²) in [5.74, 6) is -7.38. The van der Waals surface area contributed by atoms with E-state index in [0.717, 1.165) is 6.07 Å². The molecule has 0 aliphatic heterocycles. The van der Waals surface area contributed by atoms with E-state index in [1.807, 2.05) is 5.32 Å². The van der Waals surface area contributed by atoms with Crippen molar-refractivity contribution in [3.8, 4) is 0 Å². The molecule has 0 radical (unpaired) electrons. The molecule has 0 saturated heterocycles. The summed E-state index contributed by atoms with van der Waals surface area (Å²) in [5.41, 5.74) is -0.589. The lowest BCUT2D eigenvalue weighted by atomic mass is 10.2. The Hall–Kier alpha value is -2.91. The molecule has 2 amide bonds. The number of hydrogen-bond donors (Lipinski definition) is 2. The SMILES string of the molecule is CC(=O)CCC(=O)OCC(=O)NCC(=O)Nc1ccc(F)c(F)c1F. The number of nitrogens with one attached hydrogen (secondary N) is 2. The third-order valence-electron chi connectivity index (χ3n) is 2.80. The number of carbonyl (C=O) groups excluding carboxylic acids is 4. The Bertz CT molecular complexity index is 694. The summed E-state index contributed by atoms with van der Waals surface area (Å²) < 4.78 is 43.7. The number of halogens is 3. The lowest BCUT2D eigenvalue weighted by Crippen LogP contribution is -2.35. The van der Waals surface area contributed by atoms with Crippen LogP contribution in [0.25, 0.3) is 0 Å². The summed E-state index contributed by atoms with van der Waals surface area (Å²) in [6, 6.07) is 1.46. The van der Waals surface area contributed by atoms with Gasteiger partial charge in [-0.25, -0.2) is 13.2 Å². The number of amides is 2. The Morgan fingerprint density at radius 2 is 1.68 bits per heavy atom. The van der Waals surface area contributed by atoms with Gasteiger partial charge in [0.05, 0.1) is 18.7 Å². The number of hydrogen-bond acceptors (Lipinski definition) is 5. The summed E-state index contributed by atoms with van der Waals surface area (Å²) in [6.07, 6.45) is -0.179. The molecule has 0 spiro atoms. The van der Waals surface area contributed by atoms with Crippen LogP contribution in [0.15, 0.2) is 12.1 Å². The molecule has 136 valence electrons. The fraction of sp³-hybridized carbons (Fsp3) is 0.333. The highest BCUT2D eigenvalue weighted by molar-refractivity contribution is 5.95. The van der Waals surface area contributed by atoms with Crippen LogP contribution in [0.1, 0.15) is 19.8 Å². The van der Waals surface area contributed by atoms with E-state index >= 15 is 0 Å². The van der Waals surface area contributed by atoms with E-state index in [1.165, 1.54) is 6.92 Å². The van der Waals surface area contributed by atoms with Crippen LogP contribution >= 0.6 is 0 Å². The van der Waals surface area contributed by atoms with Crippen LogP contribution in [0.4, 0.5) is 18.9 Å². The maximum atomic E-state index is 13.4. The van der Waals surface area contributed by atoms with Crippen LogP contribution in [0, 0.1) is 17.5 Å². The highest BCUT2D eigenvalue weighted by Gasteiger charge is 2.16. The second-order valence-electron chi connectivity index (χ2n) is 4.91. The molecular weight excluding hydrogens is 345 g/mol. The summed E-state index contributed by atoms with van der Waals surface area (Å²) in [6.45, 7) is 0.0280. The first-order valence-electron chi connectivity index (χ1n) is 7.05. The largest absolute Gasteiger partial charge is 0.456 e. The zero-order valence-electron chi connectivity index (χ0n) is 13.2. The lowest BCUT2D eigenvalue weighted by Gasteiger charge is -2.09. The molecule has 2 N–H and O–H groups in total. The molecule has 0 fully saturated rings. The molecule has 1 rings (SSSR count). The van der Waals surface area contributed by atoms with Crippen LogP contribution < -0.4 is 10.6 Å². The van der Waals surface area contributed by atoms with Gasteiger partial charge in [0, 0.05) is 6.42 Å². The molecule has 10 heteroatoms. The molecule has 0 aliphatic rings. The van der Waals surface area contributed by atoms with Gasteiger partial charge in [-0.15, -0.1) is 0 Å². The average Bonchev–Trinajstić information content (AvgIpc) is 2.56. The molecule has 1 aromatic carbocycles. The van der Waals surface area contributed by atoms with Crippen molar-refractivity contribution in [1.82, 2.24) is 5.32 Å². The van der Waals surface area contributed by atoms with Crippen molar-refractivity contribution in [3.05, 3.63) is 29.6 Å². The Kier molecular flexibility index (Phi) is 7.57. The minimum atomic E-state index is -1.74. The highest BCUT2D eigenvalue weighted by Crippen LogP contribution is 2.19. The third kappa shape index (κ3) is 7.02. The molecule has 0 heterocycles. The number of benzene rings is 1. The topological polar surface area (TPSA) is 102 Å². The number of ketones is 1. The van der Waals surface area contributed by atoms with Crippen LogP contribution in [0.5, 0.6) is 0 Å². The van der Waals surface area contributed by atoms with Crippen molar-refractivity contribution < 1.29 is 37.1 Å². The van der Waals surface area contributed by atoms with Crippen LogP contribution in [0.2, 0.25) is 0 Å². The first-order chi connectivity index (χ1) is 11.7. The number of carbonyl (C=O) groups is 4. The predicted octanol–water partition coefficient (Wildman–Crippen LogP) is 1.07. The van der Waals surface area contributed by atoms with E-state index < -0.39 is 54.1 Å². The van der Waals surface area contributed by atoms with Crippen molar-refractivity contribution >= 4 is 29.3 Å². The number of anilines is 1. The van der Waals surface area contributed by atoms with E-state index in [2.05, 4.69) is 10.1 Å². The van der Waals surface area contributed by atoms with Crippen molar-refractivity contribution in [2.45, 2.75) is 19.8 Å². The quantitative estimate of drug-likeness (QED) is 0.533. The highest BCUT2D eigenvalue weighted by atomic mass is 19.2. The Morgan fingerprint density at radius 1 is 1.00 bits per heavy atom. The molecule has 0 atom stereocenters. The van der Waals surface area contributed by atoms with Crippen LogP contribution in [-0.2, 0) is 23.9 Å². The van der Waals surface area contributed by atoms with E-state index in [1.54, 1.807) is 0 Å². The number of Topliss-reactive ketones (excluding diaryl/α,β-unsaturated/α-hetero) is 1. The molecule has 7 nitrogen and oxygen atoms in total. The molecule has 1 aromatic rings. The number of esters is 1. The lowest BCUT2D eigenvalue weighted by molar-refractivity contribution is -0.149. The van der Waals surface area contributed by atoms with Crippen LogP contribution in [-0.4, -0.2) is 36.7 Å². The second kappa shape index (κ2) is 9.40. The average molecular weight is 360 g/mol. The van der Waals surface area contributed by atoms with Gasteiger partial charge >= 0.3 is 5.97 Å². The predicted molar refractivity (Wildman–Crippen MR) is 78.8 cm³/mol. The van der Waals surface area contributed by atoms with Gasteiger partial charge in [-0.3, -0.25) is 14.4 Å². The monoisotopic (exact) mass is 360 g/mol. The minimum absolute atomic E-state index is 0.0113. The summed E-state index contributed by atoms with van der Waals surface area (Å²) >= 11 is 0. The van der Waals surface area contributed by atoms with Crippen molar-refractivity contribution in [3.63, 3.8) is 0 Å². The van der Waals surface area contributed by atoms with Crippen molar-refractivity contribution in [2.24, 2.45) is 0 Å². The van der Waals surface area contributed by atoms with E-state index in [4.69, 9.17) is 0 Å². The second-order valence-corrected chi connectivity index (χ2v) is 4.91. The van der Waals surface area contributed by atoms with Gasteiger partial charge in [0.2, 0.25) is 5.91 Å². The van der Waals surface area contributed by atoms with Gasteiger partial charge in [-0.2, -0.15) is 0 Å². The van der Waals surface area contributed by atoms with Gasteiger partial charge in [0.1, 0.15) is 5.78 Å². The maximum absolute atomic E-state index is 13.4. The Morgan fingerprint density at radius 3 is 2.32 bits per heavy atom. The van der Waals surface area contributed by atoms with Crippen molar-refractivity contribution in [1.29, 1.82) is 0 Å². The van der Waals surface area contributed by atoms with E-state index in [0.29, 0.717) is 6.07 Å². The smallest absolute Gasteiger partial charge is 0.306 e. The molecule has 0 bridgehead atoms. The third-order valence-corrected chi connectivity index (χ3v) is 2.80. The normalized spacial score (nSPS) is 10.1. The molecule has 25 heavy (non-hydrogen) atoms. The molecule has 0 unspecified atom stereocenters. The van der Waals surface area contributed by atoms with Gasteiger partial charge < -0.3 is 20.2 Å². The fourth-order valence-corrected chi connectivity index (χ4v) is 1.54. The zero-order chi connectivity index (χ0) is 19.0. The maximum Gasteiger partial charge on any atom is 0.306 e. The van der Waals surface area contributed by atoms with Crippen molar-refractivity contribution in [2.75, 3.05) is 18.5 Å².